The molecule has 0 aromatic carbocycles. The predicted molar refractivity (Wildman–Crippen MR) is 66.7 cm³/mol. The number of hydrogen-bond acceptors (Lipinski definition) is 4. The Labute approximate surface area is 104 Å². The molecule has 0 saturated heterocycles. The number of nitriles is 1. The van der Waals surface area contributed by atoms with Crippen LogP contribution in [-0.2, 0) is 9.47 Å². The minimum absolute atomic E-state index is 0.236. The lowest BCUT2D eigenvalue weighted by atomic mass is 9.94. The van der Waals surface area contributed by atoms with E-state index in [1.54, 1.807) is 7.11 Å². The number of methoxy groups -OCH3 is 1. The van der Waals surface area contributed by atoms with Crippen LogP contribution in [0.4, 0.5) is 0 Å². The van der Waals surface area contributed by atoms with E-state index in [1.165, 1.54) is 0 Å². The molecule has 1 saturated carbocycles. The Morgan fingerprint density at radius 3 is 2.71 bits per heavy atom. The van der Waals surface area contributed by atoms with Gasteiger partial charge in [-0.05, 0) is 39.2 Å². The summed E-state index contributed by atoms with van der Waals surface area (Å²) < 4.78 is 11.2. The Morgan fingerprint density at radius 2 is 2.12 bits per heavy atom. The van der Waals surface area contributed by atoms with Gasteiger partial charge in [-0.1, -0.05) is 6.92 Å². The molecule has 4 heteroatoms. The molecular weight excluding hydrogens is 216 g/mol. The summed E-state index contributed by atoms with van der Waals surface area (Å²) in [7, 11) is 1.76. The van der Waals surface area contributed by atoms with Crippen molar-refractivity contribution in [3.63, 3.8) is 0 Å². The van der Waals surface area contributed by atoms with E-state index in [2.05, 4.69) is 11.4 Å². The number of ether oxygens (including phenoxy) is 2. The van der Waals surface area contributed by atoms with Crippen LogP contribution in [0, 0.1) is 11.3 Å². The second-order valence-electron chi connectivity index (χ2n) is 4.93. The fourth-order valence-corrected chi connectivity index (χ4v) is 2.27. The number of likely N-dealkylation sites (N-methyl/N-ethyl adjacent to an activating group) is 1. The van der Waals surface area contributed by atoms with Gasteiger partial charge in [-0.2, -0.15) is 5.26 Å². The van der Waals surface area contributed by atoms with E-state index < -0.39 is 5.54 Å². The van der Waals surface area contributed by atoms with Crippen LogP contribution in [0.25, 0.3) is 0 Å². The van der Waals surface area contributed by atoms with E-state index in [4.69, 9.17) is 14.7 Å². The molecule has 17 heavy (non-hydrogen) atoms. The Morgan fingerprint density at radius 1 is 1.41 bits per heavy atom. The zero-order chi connectivity index (χ0) is 12.7. The van der Waals surface area contributed by atoms with E-state index in [9.17, 15) is 0 Å². The molecular formula is C13H24N2O2. The average Bonchev–Trinajstić information content (AvgIpc) is 2.37. The average molecular weight is 240 g/mol. The summed E-state index contributed by atoms with van der Waals surface area (Å²) in [6.45, 7) is 5.10. The van der Waals surface area contributed by atoms with Crippen molar-refractivity contribution in [1.29, 1.82) is 5.26 Å². The van der Waals surface area contributed by atoms with Crippen molar-refractivity contribution in [2.24, 2.45) is 0 Å². The maximum Gasteiger partial charge on any atom is 0.127 e. The smallest absolute Gasteiger partial charge is 0.127 e. The first-order valence-corrected chi connectivity index (χ1v) is 6.44. The molecule has 1 rings (SSSR count). The quantitative estimate of drug-likeness (QED) is 0.770. The van der Waals surface area contributed by atoms with E-state index >= 15 is 0 Å². The first kappa shape index (κ1) is 14.4. The number of nitrogens with zero attached hydrogens (tertiary/aromatic N) is 1. The molecule has 0 amide bonds. The van der Waals surface area contributed by atoms with Gasteiger partial charge < -0.3 is 9.47 Å². The highest BCUT2D eigenvalue weighted by Crippen LogP contribution is 2.23. The van der Waals surface area contributed by atoms with Gasteiger partial charge in [-0.25, -0.2) is 0 Å². The van der Waals surface area contributed by atoms with Crippen molar-refractivity contribution in [2.45, 2.75) is 57.3 Å². The van der Waals surface area contributed by atoms with Crippen molar-refractivity contribution in [3.05, 3.63) is 0 Å². The van der Waals surface area contributed by atoms with Crippen LogP contribution in [0.2, 0.25) is 0 Å². The van der Waals surface area contributed by atoms with E-state index in [0.717, 1.165) is 32.2 Å². The van der Waals surface area contributed by atoms with Crippen LogP contribution in [0.15, 0.2) is 0 Å². The zero-order valence-corrected chi connectivity index (χ0v) is 11.2. The molecule has 0 aromatic heterocycles. The lowest BCUT2D eigenvalue weighted by molar-refractivity contribution is -0.0403. The lowest BCUT2D eigenvalue weighted by Crippen LogP contribution is -2.46. The van der Waals surface area contributed by atoms with Gasteiger partial charge in [-0.3, -0.25) is 5.32 Å². The molecule has 3 atom stereocenters. The summed E-state index contributed by atoms with van der Waals surface area (Å²) >= 11 is 0. The first-order chi connectivity index (χ1) is 8.13. The molecule has 4 nitrogen and oxygen atoms in total. The maximum atomic E-state index is 9.13. The standard InChI is InChI=1S/C13H24N2O2/c1-4-15-13(2,9-14)10-17-12-7-5-6-11(8-12)16-3/h11-12,15H,4-8,10H2,1-3H3. The fourth-order valence-electron chi connectivity index (χ4n) is 2.27. The summed E-state index contributed by atoms with van der Waals surface area (Å²) in [4.78, 5) is 0. The normalized spacial score (nSPS) is 28.4. The van der Waals surface area contributed by atoms with Crippen molar-refractivity contribution in [3.8, 4) is 6.07 Å². The van der Waals surface area contributed by atoms with Gasteiger partial charge in [-0.15, -0.1) is 0 Å². The second kappa shape index (κ2) is 6.95. The van der Waals surface area contributed by atoms with Crippen LogP contribution < -0.4 is 5.32 Å². The SMILES string of the molecule is CCNC(C)(C#N)COC1CCCC(OC)C1. The largest absolute Gasteiger partial charge is 0.381 e. The third-order valence-electron chi connectivity index (χ3n) is 3.33. The molecule has 1 fully saturated rings. The second-order valence-corrected chi connectivity index (χ2v) is 4.93. The monoisotopic (exact) mass is 240 g/mol. The minimum atomic E-state index is -0.575. The third-order valence-corrected chi connectivity index (χ3v) is 3.33. The molecule has 0 radical (unpaired) electrons. The Bertz CT molecular complexity index is 265. The topological polar surface area (TPSA) is 54.3 Å². The molecule has 0 bridgehead atoms. The van der Waals surface area contributed by atoms with Crippen LogP contribution >= 0.6 is 0 Å². The van der Waals surface area contributed by atoms with Gasteiger partial charge in [0.05, 0.1) is 24.9 Å². The summed E-state index contributed by atoms with van der Waals surface area (Å²) in [6, 6.07) is 2.28. The molecule has 1 aliphatic carbocycles. The maximum absolute atomic E-state index is 9.13. The summed E-state index contributed by atoms with van der Waals surface area (Å²) in [5.41, 5.74) is -0.575. The van der Waals surface area contributed by atoms with E-state index in [-0.39, 0.29) is 6.10 Å². The number of hydrogen-bond donors (Lipinski definition) is 1. The van der Waals surface area contributed by atoms with Crippen molar-refractivity contribution < 1.29 is 9.47 Å². The van der Waals surface area contributed by atoms with Gasteiger partial charge in [0.1, 0.15) is 5.54 Å². The number of nitrogens with one attached hydrogen (secondary N) is 1. The van der Waals surface area contributed by atoms with Gasteiger partial charge >= 0.3 is 0 Å². The van der Waals surface area contributed by atoms with Crippen LogP contribution in [-0.4, -0.2) is 38.0 Å². The molecule has 98 valence electrons. The van der Waals surface area contributed by atoms with Crippen LogP contribution in [0.1, 0.15) is 39.5 Å². The van der Waals surface area contributed by atoms with Gasteiger partial charge in [0, 0.05) is 7.11 Å². The summed E-state index contributed by atoms with van der Waals surface area (Å²) in [6.07, 6.45) is 4.85. The predicted octanol–water partition coefficient (Wildman–Crippen LogP) is 1.85. The Kier molecular flexibility index (Phi) is 5.90. The molecule has 0 heterocycles. The Hall–Kier alpha value is -0.630. The highest BCUT2D eigenvalue weighted by Gasteiger charge is 2.27. The number of rotatable bonds is 6. The van der Waals surface area contributed by atoms with Gasteiger partial charge in [0.2, 0.25) is 0 Å². The van der Waals surface area contributed by atoms with Crippen molar-refractivity contribution in [1.82, 2.24) is 5.32 Å². The first-order valence-electron chi connectivity index (χ1n) is 6.44. The zero-order valence-electron chi connectivity index (χ0n) is 11.2. The van der Waals surface area contributed by atoms with Crippen molar-refractivity contribution >= 4 is 0 Å². The van der Waals surface area contributed by atoms with Crippen molar-refractivity contribution in [2.75, 3.05) is 20.3 Å². The Balaban J connectivity index is 2.36. The lowest BCUT2D eigenvalue weighted by Gasteiger charge is -2.31. The van der Waals surface area contributed by atoms with Crippen LogP contribution in [0.3, 0.4) is 0 Å². The molecule has 0 aliphatic heterocycles. The third kappa shape index (κ3) is 4.63. The van der Waals surface area contributed by atoms with Gasteiger partial charge in [0.15, 0.2) is 0 Å². The minimum Gasteiger partial charge on any atom is -0.381 e. The summed E-state index contributed by atoms with van der Waals surface area (Å²) in [5, 5.41) is 12.3. The van der Waals surface area contributed by atoms with Crippen LogP contribution in [0.5, 0.6) is 0 Å². The highest BCUT2D eigenvalue weighted by atomic mass is 16.5. The fraction of sp³-hybridized carbons (Fsp3) is 0.923. The molecule has 0 spiro atoms. The molecule has 0 aromatic rings. The highest BCUT2D eigenvalue weighted by molar-refractivity contribution is 5.03. The molecule has 1 aliphatic rings. The summed E-state index contributed by atoms with van der Waals surface area (Å²) in [5.74, 6) is 0. The molecule has 3 unspecified atom stereocenters. The molecule has 1 N–H and O–H groups in total. The van der Waals surface area contributed by atoms with Gasteiger partial charge in [0.25, 0.3) is 0 Å². The van der Waals surface area contributed by atoms with E-state index in [1.807, 2.05) is 13.8 Å². The van der Waals surface area contributed by atoms with E-state index in [0.29, 0.717) is 12.7 Å².